The van der Waals surface area contributed by atoms with E-state index in [-0.39, 0.29) is 30.3 Å². The van der Waals surface area contributed by atoms with E-state index in [4.69, 9.17) is 10.8 Å². The molecular formula is C13H15FN2O3. The van der Waals surface area contributed by atoms with Crippen molar-refractivity contribution in [2.24, 2.45) is 0 Å². The van der Waals surface area contributed by atoms with E-state index in [1.807, 2.05) is 0 Å². The maximum absolute atomic E-state index is 13.2. The summed E-state index contributed by atoms with van der Waals surface area (Å²) in [4.78, 5) is 24.4. The number of carboxylic acid groups (broad SMARTS) is 1. The van der Waals surface area contributed by atoms with Crippen LogP contribution in [0.4, 0.5) is 10.1 Å². The van der Waals surface area contributed by atoms with E-state index in [0.717, 1.165) is 18.9 Å². The number of aliphatic carboxylic acids is 1. The predicted octanol–water partition coefficient (Wildman–Crippen LogP) is 1.49. The first-order chi connectivity index (χ1) is 8.99. The molecule has 1 aliphatic carbocycles. The van der Waals surface area contributed by atoms with Crippen LogP contribution in [0.2, 0.25) is 0 Å². The Morgan fingerprint density at radius 3 is 2.68 bits per heavy atom. The molecule has 3 N–H and O–H groups in total. The van der Waals surface area contributed by atoms with Crippen LogP contribution in [0, 0.1) is 5.82 Å². The highest BCUT2D eigenvalue weighted by Gasteiger charge is 2.33. The highest BCUT2D eigenvalue weighted by Crippen LogP contribution is 2.29. The Kier molecular flexibility index (Phi) is 3.69. The summed E-state index contributed by atoms with van der Waals surface area (Å²) in [5, 5.41) is 8.69. The number of hydrogen-bond donors (Lipinski definition) is 2. The van der Waals surface area contributed by atoms with Crippen molar-refractivity contribution >= 4 is 17.6 Å². The Labute approximate surface area is 109 Å². The molecule has 6 heteroatoms. The number of amides is 1. The lowest BCUT2D eigenvalue weighted by Gasteiger charge is -2.22. The minimum Gasteiger partial charge on any atom is -0.481 e. The molecule has 1 saturated carbocycles. The molecule has 1 aromatic rings. The van der Waals surface area contributed by atoms with Gasteiger partial charge in [-0.1, -0.05) is 0 Å². The fourth-order valence-corrected chi connectivity index (χ4v) is 1.92. The third kappa shape index (κ3) is 3.21. The van der Waals surface area contributed by atoms with Crippen molar-refractivity contribution in [3.63, 3.8) is 0 Å². The molecule has 0 radical (unpaired) electrons. The van der Waals surface area contributed by atoms with Crippen LogP contribution in [0.3, 0.4) is 0 Å². The lowest BCUT2D eigenvalue weighted by atomic mass is 10.1. The molecule has 0 aliphatic heterocycles. The Morgan fingerprint density at radius 2 is 2.11 bits per heavy atom. The van der Waals surface area contributed by atoms with Crippen molar-refractivity contribution < 1.29 is 19.1 Å². The summed E-state index contributed by atoms with van der Waals surface area (Å²) < 4.78 is 13.2. The first kappa shape index (κ1) is 13.3. The molecule has 0 aromatic heterocycles. The number of benzene rings is 1. The van der Waals surface area contributed by atoms with Gasteiger partial charge in [0.1, 0.15) is 5.82 Å². The average Bonchev–Trinajstić information content (AvgIpc) is 3.16. The summed E-state index contributed by atoms with van der Waals surface area (Å²) >= 11 is 0. The molecule has 1 aromatic carbocycles. The molecule has 0 spiro atoms. The molecule has 0 unspecified atom stereocenters. The third-order valence-electron chi connectivity index (χ3n) is 3.06. The number of hydrogen-bond acceptors (Lipinski definition) is 3. The van der Waals surface area contributed by atoms with Gasteiger partial charge in [0.05, 0.1) is 12.0 Å². The summed E-state index contributed by atoms with van der Waals surface area (Å²) in [6, 6.07) is 3.67. The predicted molar refractivity (Wildman–Crippen MR) is 67.1 cm³/mol. The number of anilines is 1. The standard InChI is InChI=1S/C13H15FN2O3/c14-8-1-4-11(15)10(7-8)13(19)16(9-2-3-9)6-5-12(17)18/h1,4,7,9H,2-3,5-6,15H2,(H,17,18). The van der Waals surface area contributed by atoms with Gasteiger partial charge in [-0.25, -0.2) is 4.39 Å². The van der Waals surface area contributed by atoms with Crippen molar-refractivity contribution in [3.8, 4) is 0 Å². The minimum atomic E-state index is -0.967. The Bertz CT molecular complexity index is 515. The quantitative estimate of drug-likeness (QED) is 0.791. The maximum atomic E-state index is 13.2. The van der Waals surface area contributed by atoms with Gasteiger partial charge in [0.15, 0.2) is 0 Å². The SMILES string of the molecule is Nc1ccc(F)cc1C(=O)N(CCC(=O)O)C1CC1. The van der Waals surface area contributed by atoms with Crippen molar-refractivity contribution in [1.29, 1.82) is 0 Å². The monoisotopic (exact) mass is 266 g/mol. The minimum absolute atomic E-state index is 0.0505. The second-order valence-electron chi connectivity index (χ2n) is 4.61. The number of carbonyl (C=O) groups is 2. The number of halogens is 1. The van der Waals surface area contributed by atoms with Gasteiger partial charge < -0.3 is 15.7 Å². The Balaban J connectivity index is 2.18. The van der Waals surface area contributed by atoms with Gasteiger partial charge in [-0.2, -0.15) is 0 Å². The first-order valence-electron chi connectivity index (χ1n) is 6.07. The maximum Gasteiger partial charge on any atom is 0.305 e. The zero-order chi connectivity index (χ0) is 14.0. The van der Waals surface area contributed by atoms with Crippen molar-refractivity contribution in [2.75, 3.05) is 12.3 Å². The molecule has 0 saturated heterocycles. The molecular weight excluding hydrogens is 251 g/mol. The smallest absolute Gasteiger partial charge is 0.305 e. The molecule has 1 aliphatic rings. The Morgan fingerprint density at radius 1 is 1.42 bits per heavy atom. The van der Waals surface area contributed by atoms with Crippen molar-refractivity contribution in [1.82, 2.24) is 4.90 Å². The molecule has 1 fully saturated rings. The summed E-state index contributed by atoms with van der Waals surface area (Å²) in [6.07, 6.45) is 1.57. The van der Waals surface area contributed by atoms with Gasteiger partial charge in [-0.05, 0) is 31.0 Å². The molecule has 0 heterocycles. The molecule has 1 amide bonds. The summed E-state index contributed by atoms with van der Waals surface area (Å²) in [6.45, 7) is 0.120. The van der Waals surface area contributed by atoms with Crippen LogP contribution in [0.15, 0.2) is 18.2 Å². The second-order valence-corrected chi connectivity index (χ2v) is 4.61. The van der Waals surface area contributed by atoms with Crippen molar-refractivity contribution in [2.45, 2.75) is 25.3 Å². The number of nitrogens with two attached hydrogens (primary N) is 1. The highest BCUT2D eigenvalue weighted by molar-refractivity contribution is 5.99. The summed E-state index contributed by atoms with van der Waals surface area (Å²) in [5.74, 6) is -1.90. The van der Waals surface area contributed by atoms with Crippen LogP contribution in [0.1, 0.15) is 29.6 Å². The number of carbonyl (C=O) groups excluding carboxylic acids is 1. The van der Waals surface area contributed by atoms with Crippen LogP contribution >= 0.6 is 0 Å². The van der Waals surface area contributed by atoms with Gasteiger partial charge in [-0.3, -0.25) is 9.59 Å². The van der Waals surface area contributed by atoms with Gasteiger partial charge >= 0.3 is 5.97 Å². The topological polar surface area (TPSA) is 83.6 Å². The second kappa shape index (κ2) is 5.26. The molecule has 0 atom stereocenters. The number of rotatable bonds is 5. The molecule has 5 nitrogen and oxygen atoms in total. The Hall–Kier alpha value is -2.11. The van der Waals surface area contributed by atoms with Crippen LogP contribution in [-0.2, 0) is 4.79 Å². The zero-order valence-electron chi connectivity index (χ0n) is 10.3. The van der Waals surface area contributed by atoms with Gasteiger partial charge in [0.25, 0.3) is 5.91 Å². The van der Waals surface area contributed by atoms with Gasteiger partial charge in [0, 0.05) is 18.3 Å². The average molecular weight is 266 g/mol. The van der Waals surface area contributed by atoms with Gasteiger partial charge in [-0.15, -0.1) is 0 Å². The summed E-state index contributed by atoms with van der Waals surface area (Å²) in [7, 11) is 0. The van der Waals surface area contributed by atoms with E-state index in [9.17, 15) is 14.0 Å². The first-order valence-corrected chi connectivity index (χ1v) is 6.07. The lowest BCUT2D eigenvalue weighted by molar-refractivity contribution is -0.137. The number of nitrogens with zero attached hydrogens (tertiary/aromatic N) is 1. The summed E-state index contributed by atoms with van der Waals surface area (Å²) in [5.41, 5.74) is 5.97. The highest BCUT2D eigenvalue weighted by atomic mass is 19.1. The van der Waals surface area contributed by atoms with E-state index in [2.05, 4.69) is 0 Å². The molecule has 2 rings (SSSR count). The number of carboxylic acids is 1. The van der Waals surface area contributed by atoms with Crippen LogP contribution in [0.5, 0.6) is 0 Å². The van der Waals surface area contributed by atoms with E-state index < -0.39 is 17.7 Å². The largest absolute Gasteiger partial charge is 0.481 e. The van der Waals surface area contributed by atoms with Crippen LogP contribution in [0.25, 0.3) is 0 Å². The molecule has 19 heavy (non-hydrogen) atoms. The molecule has 0 bridgehead atoms. The van der Waals surface area contributed by atoms with E-state index in [1.54, 1.807) is 0 Å². The van der Waals surface area contributed by atoms with E-state index in [1.165, 1.54) is 17.0 Å². The van der Waals surface area contributed by atoms with Crippen molar-refractivity contribution in [3.05, 3.63) is 29.6 Å². The fraction of sp³-hybridized carbons (Fsp3) is 0.385. The zero-order valence-corrected chi connectivity index (χ0v) is 10.3. The molecule has 102 valence electrons. The number of nitrogen functional groups attached to an aromatic ring is 1. The lowest BCUT2D eigenvalue weighted by Crippen LogP contribution is -2.35. The normalized spacial score (nSPS) is 14.2. The van der Waals surface area contributed by atoms with E-state index >= 15 is 0 Å². The third-order valence-corrected chi connectivity index (χ3v) is 3.06. The van der Waals surface area contributed by atoms with Crippen LogP contribution < -0.4 is 5.73 Å². The van der Waals surface area contributed by atoms with E-state index in [0.29, 0.717) is 0 Å². The fourth-order valence-electron chi connectivity index (χ4n) is 1.92. The van der Waals surface area contributed by atoms with Gasteiger partial charge in [0.2, 0.25) is 0 Å². The van der Waals surface area contributed by atoms with Crippen LogP contribution in [-0.4, -0.2) is 34.5 Å².